The molecule has 6 nitrogen and oxygen atoms in total. The molecule has 0 bridgehead atoms. The lowest BCUT2D eigenvalue weighted by atomic mass is 10.0. The number of methoxy groups -OCH3 is 1. The van der Waals surface area contributed by atoms with Crippen molar-refractivity contribution in [3.63, 3.8) is 0 Å². The first-order chi connectivity index (χ1) is 12.9. The maximum atomic E-state index is 12.6. The van der Waals surface area contributed by atoms with Gasteiger partial charge in [0.15, 0.2) is 0 Å². The quantitative estimate of drug-likeness (QED) is 0.709. The van der Waals surface area contributed by atoms with Gasteiger partial charge in [0.2, 0.25) is 5.91 Å². The minimum Gasteiger partial charge on any atom is -0.495 e. The predicted octanol–water partition coefficient (Wildman–Crippen LogP) is 3.79. The van der Waals surface area contributed by atoms with E-state index >= 15 is 0 Å². The first-order valence-electron chi connectivity index (χ1n) is 8.79. The van der Waals surface area contributed by atoms with Crippen LogP contribution < -0.4 is 4.74 Å². The molecule has 0 unspecified atom stereocenters. The van der Waals surface area contributed by atoms with Crippen molar-refractivity contribution in [2.45, 2.75) is 32.2 Å². The van der Waals surface area contributed by atoms with E-state index in [2.05, 4.69) is 0 Å². The number of piperidine rings is 1. The standard InChI is InChI=1S/C19H21ClN2O4S/c1-12-5-3-4-8-21(12)17(23)11-22-18(24)16(27-19(22)25)10-13-6-7-15(26-2)14(20)9-13/h6-7,9-10,12H,3-5,8,11H2,1-2H3/b16-10-/t12-/m1/s1. The smallest absolute Gasteiger partial charge is 0.294 e. The SMILES string of the molecule is COc1ccc(/C=C2\SC(=O)N(CC(=O)N3CCCC[C@H]3C)C2=O)cc1Cl. The van der Waals surface area contributed by atoms with E-state index < -0.39 is 11.1 Å². The summed E-state index contributed by atoms with van der Waals surface area (Å²) in [6.07, 6.45) is 4.60. The summed E-state index contributed by atoms with van der Waals surface area (Å²) in [7, 11) is 1.52. The molecule has 0 saturated carbocycles. The number of rotatable bonds is 4. The average Bonchev–Trinajstić information content (AvgIpc) is 2.89. The number of imide groups is 1. The molecule has 2 aliphatic heterocycles. The lowest BCUT2D eigenvalue weighted by Gasteiger charge is -2.34. The molecule has 3 amide bonds. The van der Waals surface area contributed by atoms with Gasteiger partial charge in [0.25, 0.3) is 11.1 Å². The Balaban J connectivity index is 1.73. The predicted molar refractivity (Wildman–Crippen MR) is 106 cm³/mol. The molecule has 2 heterocycles. The summed E-state index contributed by atoms with van der Waals surface area (Å²) in [5.41, 5.74) is 0.683. The monoisotopic (exact) mass is 408 g/mol. The number of ether oxygens (including phenoxy) is 1. The van der Waals surface area contributed by atoms with Gasteiger partial charge < -0.3 is 9.64 Å². The minimum atomic E-state index is -0.449. The minimum absolute atomic E-state index is 0.142. The summed E-state index contributed by atoms with van der Waals surface area (Å²) in [6, 6.07) is 5.25. The topological polar surface area (TPSA) is 66.9 Å². The number of hydrogen-bond acceptors (Lipinski definition) is 5. The molecule has 27 heavy (non-hydrogen) atoms. The van der Waals surface area contributed by atoms with Crippen molar-refractivity contribution < 1.29 is 19.1 Å². The second-order valence-electron chi connectivity index (χ2n) is 6.59. The zero-order chi connectivity index (χ0) is 19.6. The molecule has 0 aromatic heterocycles. The molecular formula is C19H21ClN2O4S. The maximum absolute atomic E-state index is 12.6. The molecule has 3 rings (SSSR count). The van der Waals surface area contributed by atoms with Crippen LogP contribution >= 0.6 is 23.4 Å². The van der Waals surface area contributed by atoms with Crippen LogP contribution in [0.3, 0.4) is 0 Å². The molecule has 1 aromatic carbocycles. The molecular weight excluding hydrogens is 388 g/mol. The second kappa shape index (κ2) is 8.35. The van der Waals surface area contributed by atoms with Crippen LogP contribution in [-0.4, -0.2) is 53.1 Å². The highest BCUT2D eigenvalue weighted by molar-refractivity contribution is 8.18. The van der Waals surface area contributed by atoms with Crippen LogP contribution in [-0.2, 0) is 9.59 Å². The fourth-order valence-electron chi connectivity index (χ4n) is 3.25. The molecule has 2 aliphatic rings. The first kappa shape index (κ1) is 19.8. The Bertz CT molecular complexity index is 811. The molecule has 1 aromatic rings. The van der Waals surface area contributed by atoms with Crippen molar-refractivity contribution in [1.29, 1.82) is 0 Å². The summed E-state index contributed by atoms with van der Waals surface area (Å²) in [5.74, 6) is -0.101. The normalized spacial score (nSPS) is 21.9. The summed E-state index contributed by atoms with van der Waals surface area (Å²) in [4.78, 5) is 40.5. The third-order valence-electron chi connectivity index (χ3n) is 4.76. The molecule has 0 N–H and O–H groups in total. The Morgan fingerprint density at radius 2 is 2.15 bits per heavy atom. The highest BCUT2D eigenvalue weighted by Gasteiger charge is 2.37. The zero-order valence-corrected chi connectivity index (χ0v) is 16.8. The number of carbonyl (C=O) groups excluding carboxylic acids is 3. The molecule has 2 saturated heterocycles. The zero-order valence-electron chi connectivity index (χ0n) is 15.2. The lowest BCUT2D eigenvalue weighted by Crippen LogP contribution is -2.47. The van der Waals surface area contributed by atoms with Crippen LogP contribution in [0.25, 0.3) is 6.08 Å². The molecule has 8 heteroatoms. The van der Waals surface area contributed by atoms with Crippen molar-refractivity contribution >= 4 is 46.5 Å². The molecule has 1 atom stereocenters. The third-order valence-corrected chi connectivity index (χ3v) is 5.97. The second-order valence-corrected chi connectivity index (χ2v) is 7.99. The van der Waals surface area contributed by atoms with Crippen LogP contribution in [0.2, 0.25) is 5.02 Å². The van der Waals surface area contributed by atoms with Crippen LogP contribution in [0.15, 0.2) is 23.1 Å². The number of benzene rings is 1. The fraction of sp³-hybridized carbons (Fsp3) is 0.421. The third kappa shape index (κ3) is 4.30. The number of halogens is 1. The van der Waals surface area contributed by atoms with E-state index in [0.717, 1.165) is 35.9 Å². The van der Waals surface area contributed by atoms with Gasteiger partial charge >= 0.3 is 0 Å². The van der Waals surface area contributed by atoms with Gasteiger partial charge in [-0.1, -0.05) is 17.7 Å². The Hall–Kier alpha value is -1.99. The van der Waals surface area contributed by atoms with Crippen molar-refractivity contribution in [2.75, 3.05) is 20.2 Å². The van der Waals surface area contributed by atoms with E-state index in [0.29, 0.717) is 22.9 Å². The summed E-state index contributed by atoms with van der Waals surface area (Å²) < 4.78 is 5.11. The highest BCUT2D eigenvalue weighted by atomic mass is 35.5. The van der Waals surface area contributed by atoms with E-state index in [4.69, 9.17) is 16.3 Å². The van der Waals surface area contributed by atoms with Gasteiger partial charge in [-0.25, -0.2) is 0 Å². The van der Waals surface area contributed by atoms with Crippen LogP contribution in [0.4, 0.5) is 4.79 Å². The number of carbonyl (C=O) groups is 3. The highest BCUT2D eigenvalue weighted by Crippen LogP contribution is 2.34. The van der Waals surface area contributed by atoms with Gasteiger partial charge in [0, 0.05) is 12.6 Å². The summed E-state index contributed by atoms with van der Waals surface area (Å²) >= 11 is 6.94. The van der Waals surface area contributed by atoms with E-state index in [1.165, 1.54) is 7.11 Å². The number of amides is 3. The van der Waals surface area contributed by atoms with Crippen molar-refractivity contribution in [1.82, 2.24) is 9.80 Å². The Labute approximate surface area is 167 Å². The van der Waals surface area contributed by atoms with Gasteiger partial charge in [-0.05, 0) is 61.7 Å². The molecule has 144 valence electrons. The lowest BCUT2D eigenvalue weighted by molar-refractivity contribution is -0.138. The first-order valence-corrected chi connectivity index (χ1v) is 9.98. The van der Waals surface area contributed by atoms with Crippen molar-refractivity contribution in [3.05, 3.63) is 33.7 Å². The molecule has 0 aliphatic carbocycles. The van der Waals surface area contributed by atoms with Crippen LogP contribution in [0.5, 0.6) is 5.75 Å². The van der Waals surface area contributed by atoms with Gasteiger partial charge in [-0.3, -0.25) is 19.3 Å². The van der Waals surface area contributed by atoms with Crippen LogP contribution in [0.1, 0.15) is 31.7 Å². The largest absolute Gasteiger partial charge is 0.495 e. The number of likely N-dealkylation sites (tertiary alicyclic amines) is 1. The average molecular weight is 409 g/mol. The Morgan fingerprint density at radius 3 is 2.81 bits per heavy atom. The molecule has 0 spiro atoms. The van der Waals surface area contributed by atoms with Crippen molar-refractivity contribution in [3.8, 4) is 5.75 Å². The van der Waals surface area contributed by atoms with Gasteiger partial charge in [0.05, 0.1) is 17.0 Å². The number of nitrogens with zero attached hydrogens (tertiary/aromatic N) is 2. The number of thioether (sulfide) groups is 1. The fourth-order valence-corrected chi connectivity index (χ4v) is 4.36. The van der Waals surface area contributed by atoms with Crippen LogP contribution in [0, 0.1) is 0 Å². The summed E-state index contributed by atoms with van der Waals surface area (Å²) in [5, 5.41) is -0.0105. The number of hydrogen-bond donors (Lipinski definition) is 0. The van der Waals surface area contributed by atoms with Gasteiger partial charge in [-0.15, -0.1) is 0 Å². The Kier molecular flexibility index (Phi) is 6.11. The van der Waals surface area contributed by atoms with Crippen molar-refractivity contribution in [2.24, 2.45) is 0 Å². The summed E-state index contributed by atoms with van der Waals surface area (Å²) in [6.45, 7) is 2.46. The van der Waals surface area contributed by atoms with Gasteiger partial charge in [-0.2, -0.15) is 0 Å². The maximum Gasteiger partial charge on any atom is 0.294 e. The van der Waals surface area contributed by atoms with E-state index in [9.17, 15) is 14.4 Å². The van der Waals surface area contributed by atoms with E-state index in [1.54, 1.807) is 29.2 Å². The van der Waals surface area contributed by atoms with Gasteiger partial charge in [0.1, 0.15) is 12.3 Å². The van der Waals surface area contributed by atoms with E-state index in [-0.39, 0.29) is 23.4 Å². The molecule has 0 radical (unpaired) electrons. The van der Waals surface area contributed by atoms with E-state index in [1.807, 2.05) is 6.92 Å². The molecule has 2 fully saturated rings. The Morgan fingerprint density at radius 1 is 1.37 bits per heavy atom.